The van der Waals surface area contributed by atoms with Crippen LogP contribution in [0.25, 0.3) is 0 Å². The fourth-order valence-electron chi connectivity index (χ4n) is 2.30. The number of hydrogen-bond donors (Lipinski definition) is 2. The summed E-state index contributed by atoms with van der Waals surface area (Å²) in [7, 11) is 0. The van der Waals surface area contributed by atoms with Crippen LogP contribution in [-0.4, -0.2) is 22.8 Å². The quantitative estimate of drug-likeness (QED) is 0.697. The van der Waals surface area contributed by atoms with E-state index < -0.39 is 5.60 Å². The molecule has 2 aliphatic rings. The zero-order valence-electron chi connectivity index (χ0n) is 8.77. The lowest BCUT2D eigenvalue weighted by atomic mass is 9.86. The van der Waals surface area contributed by atoms with Crippen LogP contribution in [-0.2, 0) is 0 Å². The Morgan fingerprint density at radius 2 is 2.00 bits per heavy atom. The summed E-state index contributed by atoms with van der Waals surface area (Å²) in [6.07, 6.45) is 5.98. The van der Waals surface area contributed by atoms with Crippen molar-refractivity contribution in [3.05, 3.63) is 0 Å². The average Bonchev–Trinajstić information content (AvgIpc) is 2.79. The van der Waals surface area contributed by atoms with E-state index in [0.29, 0.717) is 0 Å². The van der Waals surface area contributed by atoms with Gasteiger partial charge in [-0.2, -0.15) is 0 Å². The van der Waals surface area contributed by atoms with Gasteiger partial charge in [-0.25, -0.2) is 0 Å². The van der Waals surface area contributed by atoms with Crippen molar-refractivity contribution >= 4 is 0 Å². The van der Waals surface area contributed by atoms with Gasteiger partial charge < -0.3 is 10.4 Å². The third kappa shape index (κ3) is 1.75. The summed E-state index contributed by atoms with van der Waals surface area (Å²) < 4.78 is 0. The predicted molar refractivity (Wildman–Crippen MR) is 53.6 cm³/mol. The first-order valence-corrected chi connectivity index (χ1v) is 5.51. The van der Waals surface area contributed by atoms with Crippen molar-refractivity contribution in [2.24, 2.45) is 5.92 Å². The molecule has 2 unspecified atom stereocenters. The molecule has 2 heteroatoms. The highest BCUT2D eigenvalue weighted by Crippen LogP contribution is 2.39. The fourth-order valence-corrected chi connectivity index (χ4v) is 2.30. The van der Waals surface area contributed by atoms with Crippen LogP contribution in [0.2, 0.25) is 0 Å². The van der Waals surface area contributed by atoms with Crippen molar-refractivity contribution in [1.82, 2.24) is 5.32 Å². The second kappa shape index (κ2) is 2.96. The van der Waals surface area contributed by atoms with Gasteiger partial charge in [-0.05, 0) is 58.4 Å². The molecule has 0 aromatic heterocycles. The van der Waals surface area contributed by atoms with Crippen molar-refractivity contribution in [3.8, 4) is 0 Å². The largest absolute Gasteiger partial charge is 0.388 e. The number of hydrogen-bond acceptors (Lipinski definition) is 2. The van der Waals surface area contributed by atoms with Crippen LogP contribution in [0.5, 0.6) is 0 Å². The van der Waals surface area contributed by atoms with E-state index in [1.807, 2.05) is 6.92 Å². The minimum Gasteiger partial charge on any atom is -0.388 e. The highest BCUT2D eigenvalue weighted by Gasteiger charge is 2.47. The summed E-state index contributed by atoms with van der Waals surface area (Å²) in [6.45, 7) is 5.24. The average molecular weight is 183 g/mol. The van der Waals surface area contributed by atoms with E-state index >= 15 is 0 Å². The van der Waals surface area contributed by atoms with Crippen LogP contribution in [0.3, 0.4) is 0 Å². The Morgan fingerprint density at radius 3 is 2.46 bits per heavy atom. The summed E-state index contributed by atoms with van der Waals surface area (Å²) >= 11 is 0. The first kappa shape index (κ1) is 9.47. The SMILES string of the molecule is CC1(O)CCCC1(C)NCC1CC1. The Labute approximate surface area is 80.7 Å². The van der Waals surface area contributed by atoms with E-state index in [0.717, 1.165) is 31.7 Å². The highest BCUT2D eigenvalue weighted by molar-refractivity contribution is 5.05. The number of rotatable bonds is 3. The van der Waals surface area contributed by atoms with Crippen LogP contribution >= 0.6 is 0 Å². The molecule has 76 valence electrons. The molecule has 13 heavy (non-hydrogen) atoms. The van der Waals surface area contributed by atoms with Crippen LogP contribution in [0.4, 0.5) is 0 Å². The molecule has 0 aromatic rings. The molecule has 0 spiro atoms. The Bertz CT molecular complexity index is 198. The van der Waals surface area contributed by atoms with Gasteiger partial charge in [0, 0.05) is 5.54 Å². The van der Waals surface area contributed by atoms with Gasteiger partial charge in [0.15, 0.2) is 0 Å². The molecule has 0 aromatic carbocycles. The van der Waals surface area contributed by atoms with Crippen LogP contribution in [0.15, 0.2) is 0 Å². The predicted octanol–water partition coefficient (Wildman–Crippen LogP) is 1.68. The lowest BCUT2D eigenvalue weighted by Crippen LogP contribution is -2.56. The summed E-state index contributed by atoms with van der Waals surface area (Å²) in [5.41, 5.74) is -0.530. The molecule has 2 atom stereocenters. The molecular weight excluding hydrogens is 162 g/mol. The molecule has 2 rings (SSSR count). The van der Waals surface area contributed by atoms with Gasteiger partial charge in [-0.1, -0.05) is 0 Å². The molecule has 2 fully saturated rings. The lowest BCUT2D eigenvalue weighted by Gasteiger charge is -2.38. The molecule has 0 heterocycles. The maximum Gasteiger partial charge on any atom is 0.0797 e. The lowest BCUT2D eigenvalue weighted by molar-refractivity contribution is -0.00669. The van der Waals surface area contributed by atoms with Crippen molar-refractivity contribution < 1.29 is 5.11 Å². The standard InChI is InChI=1S/C11H21NO/c1-10(12-8-9-4-5-9)6-3-7-11(10,2)13/h9,12-13H,3-8H2,1-2H3. The van der Waals surface area contributed by atoms with Crippen molar-refractivity contribution in [2.45, 2.75) is 57.1 Å². The second-order valence-corrected chi connectivity index (χ2v) is 5.28. The Kier molecular flexibility index (Phi) is 2.16. The van der Waals surface area contributed by atoms with Crippen molar-refractivity contribution in [1.29, 1.82) is 0 Å². The first-order valence-electron chi connectivity index (χ1n) is 5.51. The molecule has 2 saturated carbocycles. The Morgan fingerprint density at radius 1 is 1.31 bits per heavy atom. The zero-order chi connectivity index (χ0) is 9.53. The molecule has 2 nitrogen and oxygen atoms in total. The maximum atomic E-state index is 10.2. The van der Waals surface area contributed by atoms with Gasteiger partial charge in [0.25, 0.3) is 0 Å². The zero-order valence-corrected chi connectivity index (χ0v) is 8.77. The van der Waals surface area contributed by atoms with Crippen LogP contribution in [0, 0.1) is 5.92 Å². The Hall–Kier alpha value is -0.0800. The second-order valence-electron chi connectivity index (χ2n) is 5.28. The van der Waals surface area contributed by atoms with Gasteiger partial charge >= 0.3 is 0 Å². The molecule has 2 N–H and O–H groups in total. The summed E-state index contributed by atoms with van der Waals surface area (Å²) in [5, 5.41) is 13.7. The van der Waals surface area contributed by atoms with Crippen molar-refractivity contribution in [3.63, 3.8) is 0 Å². The van der Waals surface area contributed by atoms with E-state index in [1.54, 1.807) is 0 Å². The highest BCUT2D eigenvalue weighted by atomic mass is 16.3. The Balaban J connectivity index is 1.92. The normalized spacial score (nSPS) is 45.5. The van der Waals surface area contributed by atoms with Gasteiger partial charge in [-0.3, -0.25) is 0 Å². The van der Waals surface area contributed by atoms with Gasteiger partial charge in [0.2, 0.25) is 0 Å². The van der Waals surface area contributed by atoms with E-state index in [9.17, 15) is 5.11 Å². The minimum absolute atomic E-state index is 0.0322. The topological polar surface area (TPSA) is 32.3 Å². The van der Waals surface area contributed by atoms with Crippen molar-refractivity contribution in [2.75, 3.05) is 6.54 Å². The molecule has 0 bridgehead atoms. The van der Waals surface area contributed by atoms with Crippen LogP contribution < -0.4 is 5.32 Å². The van der Waals surface area contributed by atoms with Gasteiger partial charge in [-0.15, -0.1) is 0 Å². The van der Waals surface area contributed by atoms with E-state index in [-0.39, 0.29) is 5.54 Å². The third-order valence-electron chi connectivity index (χ3n) is 4.01. The molecule has 0 amide bonds. The molecule has 0 aliphatic heterocycles. The van der Waals surface area contributed by atoms with E-state index in [2.05, 4.69) is 12.2 Å². The van der Waals surface area contributed by atoms with Gasteiger partial charge in [0.05, 0.1) is 5.60 Å². The fraction of sp³-hybridized carbons (Fsp3) is 1.00. The third-order valence-corrected chi connectivity index (χ3v) is 4.01. The monoisotopic (exact) mass is 183 g/mol. The number of nitrogens with one attached hydrogen (secondary N) is 1. The number of aliphatic hydroxyl groups is 1. The molecule has 0 saturated heterocycles. The van der Waals surface area contributed by atoms with E-state index in [4.69, 9.17) is 0 Å². The van der Waals surface area contributed by atoms with Crippen LogP contribution in [0.1, 0.15) is 46.0 Å². The molecule has 2 aliphatic carbocycles. The molecular formula is C11H21NO. The minimum atomic E-state index is -0.498. The summed E-state index contributed by atoms with van der Waals surface area (Å²) in [5.74, 6) is 0.897. The van der Waals surface area contributed by atoms with Gasteiger partial charge in [0.1, 0.15) is 0 Å². The first-order chi connectivity index (χ1) is 6.04. The maximum absolute atomic E-state index is 10.2. The molecule has 0 radical (unpaired) electrons. The summed E-state index contributed by atoms with van der Waals surface area (Å²) in [4.78, 5) is 0. The van der Waals surface area contributed by atoms with E-state index in [1.165, 1.54) is 12.8 Å². The summed E-state index contributed by atoms with van der Waals surface area (Å²) in [6, 6.07) is 0. The smallest absolute Gasteiger partial charge is 0.0797 e.